The van der Waals surface area contributed by atoms with Gasteiger partial charge >= 0.3 is 0 Å². The molecule has 0 heterocycles. The Kier molecular flexibility index (Phi) is 6.44. The molecule has 1 atom stereocenters. The Hall–Kier alpha value is -2.04. The lowest BCUT2D eigenvalue weighted by atomic mass is 9.84. The van der Waals surface area contributed by atoms with Gasteiger partial charge < -0.3 is 15.4 Å². The number of hydrogen-bond acceptors (Lipinski definition) is 3. The fourth-order valence-corrected chi connectivity index (χ4v) is 3.27. The Balaban J connectivity index is 2.03. The summed E-state index contributed by atoms with van der Waals surface area (Å²) in [6.45, 7) is 2.39. The molecular formula is C18H26N2O3. The monoisotopic (exact) mass is 318 g/mol. The zero-order valence-electron chi connectivity index (χ0n) is 13.9. The minimum atomic E-state index is -0.124. The molecule has 2 amide bonds. The fraction of sp³-hybridized carbons (Fsp3) is 0.556. The number of carbonyl (C=O) groups is 2. The Morgan fingerprint density at radius 3 is 2.30 bits per heavy atom. The Morgan fingerprint density at radius 1 is 1.13 bits per heavy atom. The number of benzene rings is 1. The largest absolute Gasteiger partial charge is 0.497 e. The third kappa shape index (κ3) is 4.98. The van der Waals surface area contributed by atoms with Gasteiger partial charge in [-0.25, -0.2) is 0 Å². The highest BCUT2D eigenvalue weighted by Gasteiger charge is 2.31. The second-order valence-electron chi connectivity index (χ2n) is 6.07. The first-order chi connectivity index (χ1) is 11.1. The molecule has 1 aromatic carbocycles. The summed E-state index contributed by atoms with van der Waals surface area (Å²) < 4.78 is 5.20. The summed E-state index contributed by atoms with van der Waals surface area (Å²) in [5.41, 5.74) is 1.04. The van der Waals surface area contributed by atoms with Crippen LogP contribution in [0.5, 0.6) is 5.75 Å². The summed E-state index contributed by atoms with van der Waals surface area (Å²) in [5.74, 6) is 1.03. The van der Waals surface area contributed by atoms with E-state index in [0.29, 0.717) is 19.0 Å². The van der Waals surface area contributed by atoms with E-state index in [1.54, 1.807) is 7.11 Å². The van der Waals surface area contributed by atoms with Crippen molar-refractivity contribution < 1.29 is 14.3 Å². The van der Waals surface area contributed by atoms with Crippen LogP contribution in [0.4, 0.5) is 0 Å². The SMILES string of the molecule is COc1ccc(C(C(=O)NCCNC(C)=O)C2CCCC2)cc1. The maximum absolute atomic E-state index is 12.7. The van der Waals surface area contributed by atoms with Crippen molar-refractivity contribution in [3.8, 4) is 5.75 Å². The molecule has 1 aromatic rings. The van der Waals surface area contributed by atoms with E-state index >= 15 is 0 Å². The molecular weight excluding hydrogens is 292 g/mol. The molecule has 23 heavy (non-hydrogen) atoms. The molecule has 0 aromatic heterocycles. The van der Waals surface area contributed by atoms with Crippen LogP contribution in [0.15, 0.2) is 24.3 Å². The predicted octanol–water partition coefficient (Wildman–Crippen LogP) is 2.22. The molecule has 1 aliphatic carbocycles. The number of nitrogens with one attached hydrogen (secondary N) is 2. The second-order valence-corrected chi connectivity index (χ2v) is 6.07. The van der Waals surface area contributed by atoms with Crippen molar-refractivity contribution in [1.29, 1.82) is 0 Å². The van der Waals surface area contributed by atoms with E-state index in [9.17, 15) is 9.59 Å². The molecule has 1 aliphatic rings. The van der Waals surface area contributed by atoms with Gasteiger partial charge in [-0.1, -0.05) is 25.0 Å². The van der Waals surface area contributed by atoms with Gasteiger partial charge in [-0.15, -0.1) is 0 Å². The maximum atomic E-state index is 12.7. The Morgan fingerprint density at radius 2 is 1.74 bits per heavy atom. The van der Waals surface area contributed by atoms with E-state index in [0.717, 1.165) is 24.2 Å². The van der Waals surface area contributed by atoms with E-state index < -0.39 is 0 Å². The van der Waals surface area contributed by atoms with Crippen molar-refractivity contribution in [3.63, 3.8) is 0 Å². The van der Waals surface area contributed by atoms with Gasteiger partial charge in [0.05, 0.1) is 13.0 Å². The predicted molar refractivity (Wildman–Crippen MR) is 89.4 cm³/mol. The van der Waals surface area contributed by atoms with Crippen molar-refractivity contribution in [1.82, 2.24) is 10.6 Å². The molecule has 0 saturated heterocycles. The van der Waals surface area contributed by atoms with Crippen LogP contribution in [0.25, 0.3) is 0 Å². The van der Waals surface area contributed by atoms with E-state index in [-0.39, 0.29) is 17.7 Å². The highest BCUT2D eigenvalue weighted by molar-refractivity contribution is 5.84. The van der Waals surface area contributed by atoms with Gasteiger partial charge in [0.25, 0.3) is 0 Å². The number of amides is 2. The first kappa shape index (κ1) is 17.3. The molecule has 126 valence electrons. The van der Waals surface area contributed by atoms with Gasteiger partial charge in [0.15, 0.2) is 0 Å². The fourth-order valence-electron chi connectivity index (χ4n) is 3.27. The molecule has 0 bridgehead atoms. The first-order valence-electron chi connectivity index (χ1n) is 8.28. The molecule has 0 radical (unpaired) electrons. The molecule has 2 rings (SSSR count). The Bertz CT molecular complexity index is 522. The van der Waals surface area contributed by atoms with E-state index in [2.05, 4.69) is 10.6 Å². The lowest BCUT2D eigenvalue weighted by Gasteiger charge is -2.23. The highest BCUT2D eigenvalue weighted by atomic mass is 16.5. The summed E-state index contributed by atoms with van der Waals surface area (Å²) in [6.07, 6.45) is 4.57. The highest BCUT2D eigenvalue weighted by Crippen LogP contribution is 2.37. The summed E-state index contributed by atoms with van der Waals surface area (Å²) in [7, 11) is 1.64. The van der Waals surface area contributed by atoms with Crippen molar-refractivity contribution in [3.05, 3.63) is 29.8 Å². The zero-order chi connectivity index (χ0) is 16.7. The van der Waals surface area contributed by atoms with Crippen molar-refractivity contribution >= 4 is 11.8 Å². The minimum absolute atomic E-state index is 0.0485. The van der Waals surface area contributed by atoms with Crippen LogP contribution in [0.3, 0.4) is 0 Å². The Labute approximate surface area is 137 Å². The van der Waals surface area contributed by atoms with Gasteiger partial charge in [-0.3, -0.25) is 9.59 Å². The smallest absolute Gasteiger partial charge is 0.227 e. The number of hydrogen-bond donors (Lipinski definition) is 2. The molecule has 0 spiro atoms. The average molecular weight is 318 g/mol. The van der Waals surface area contributed by atoms with Crippen LogP contribution in [0, 0.1) is 5.92 Å². The van der Waals surface area contributed by atoms with Crippen LogP contribution in [-0.4, -0.2) is 32.0 Å². The molecule has 5 nitrogen and oxygen atoms in total. The lowest BCUT2D eigenvalue weighted by molar-refractivity contribution is -0.124. The molecule has 0 aliphatic heterocycles. The van der Waals surface area contributed by atoms with Gasteiger partial charge in [0.1, 0.15) is 5.75 Å². The molecule has 1 saturated carbocycles. The molecule has 5 heteroatoms. The number of methoxy groups -OCH3 is 1. The van der Waals surface area contributed by atoms with E-state index in [1.807, 2.05) is 24.3 Å². The third-order valence-corrected chi connectivity index (χ3v) is 4.43. The quantitative estimate of drug-likeness (QED) is 0.758. The van der Waals surface area contributed by atoms with Crippen LogP contribution in [-0.2, 0) is 9.59 Å². The summed E-state index contributed by atoms with van der Waals surface area (Å²) in [4.78, 5) is 23.6. The van der Waals surface area contributed by atoms with Crippen molar-refractivity contribution in [2.45, 2.75) is 38.5 Å². The average Bonchev–Trinajstić information content (AvgIpc) is 3.06. The maximum Gasteiger partial charge on any atom is 0.227 e. The van der Waals surface area contributed by atoms with E-state index in [1.165, 1.54) is 19.8 Å². The number of carbonyl (C=O) groups excluding carboxylic acids is 2. The topological polar surface area (TPSA) is 67.4 Å². The standard InChI is InChI=1S/C18H26N2O3/c1-13(21)19-11-12-20-18(22)17(14-5-3-4-6-14)15-7-9-16(23-2)10-8-15/h7-10,14,17H,3-6,11-12H2,1-2H3,(H,19,21)(H,20,22). The first-order valence-corrected chi connectivity index (χ1v) is 8.28. The van der Waals surface area contributed by atoms with Crippen LogP contribution in [0.2, 0.25) is 0 Å². The number of ether oxygens (including phenoxy) is 1. The number of rotatable bonds is 7. The van der Waals surface area contributed by atoms with Crippen LogP contribution < -0.4 is 15.4 Å². The van der Waals surface area contributed by atoms with Gasteiger partial charge in [0.2, 0.25) is 11.8 Å². The van der Waals surface area contributed by atoms with E-state index in [4.69, 9.17) is 4.74 Å². The molecule has 1 fully saturated rings. The second kappa shape index (κ2) is 8.56. The molecule has 1 unspecified atom stereocenters. The summed E-state index contributed by atoms with van der Waals surface area (Å²) in [6, 6.07) is 7.77. The van der Waals surface area contributed by atoms with Crippen LogP contribution >= 0.6 is 0 Å². The van der Waals surface area contributed by atoms with Crippen LogP contribution in [0.1, 0.15) is 44.1 Å². The summed E-state index contributed by atoms with van der Waals surface area (Å²) >= 11 is 0. The normalized spacial score (nSPS) is 15.9. The van der Waals surface area contributed by atoms with Crippen molar-refractivity contribution in [2.75, 3.05) is 20.2 Å². The van der Waals surface area contributed by atoms with Crippen molar-refractivity contribution in [2.24, 2.45) is 5.92 Å². The minimum Gasteiger partial charge on any atom is -0.497 e. The van der Waals surface area contributed by atoms with Gasteiger partial charge in [0, 0.05) is 20.0 Å². The molecule has 2 N–H and O–H groups in total. The zero-order valence-corrected chi connectivity index (χ0v) is 13.9. The van der Waals surface area contributed by atoms with Gasteiger partial charge in [-0.2, -0.15) is 0 Å². The third-order valence-electron chi connectivity index (χ3n) is 4.43. The van der Waals surface area contributed by atoms with Gasteiger partial charge in [-0.05, 0) is 36.5 Å². The summed E-state index contributed by atoms with van der Waals surface area (Å²) in [5, 5.41) is 5.65. The lowest BCUT2D eigenvalue weighted by Crippen LogP contribution is -2.38.